The molecule has 0 bridgehead atoms. The van der Waals surface area contributed by atoms with E-state index in [1.807, 2.05) is 0 Å². The summed E-state index contributed by atoms with van der Waals surface area (Å²) in [7, 11) is 0. The maximum absolute atomic E-state index is 12.9. The summed E-state index contributed by atoms with van der Waals surface area (Å²) in [5.74, 6) is -0.737. The highest BCUT2D eigenvalue weighted by Crippen LogP contribution is 2.33. The lowest BCUT2D eigenvalue weighted by Crippen LogP contribution is -2.49. The number of nitrogens with zero attached hydrogens (tertiary/aromatic N) is 3. The lowest BCUT2D eigenvalue weighted by atomic mass is 10.0. The Morgan fingerprint density at radius 1 is 1.29 bits per heavy atom. The molecule has 1 aromatic heterocycles. The predicted octanol–water partition coefficient (Wildman–Crippen LogP) is 2.71. The minimum Gasteiger partial charge on any atom is -0.347 e. The number of ether oxygens (including phenoxy) is 2. The third kappa shape index (κ3) is 3.02. The third-order valence-electron chi connectivity index (χ3n) is 4.68. The fourth-order valence-corrected chi connectivity index (χ4v) is 3.47. The van der Waals surface area contributed by atoms with Crippen LogP contribution in [0.25, 0.3) is 0 Å². The number of carbonyl (C=O) groups is 1. The number of alkyl halides is 2. The second-order valence-electron chi connectivity index (χ2n) is 6.14. The van der Waals surface area contributed by atoms with E-state index < -0.39 is 23.9 Å². The SMILES string of the molecule is Cc1c(Cl)c(C(F)F)nn1C(C)C(=O)N1CCC2(CC1)OCCO2. The van der Waals surface area contributed by atoms with E-state index >= 15 is 0 Å². The molecule has 0 radical (unpaired) electrons. The Hall–Kier alpha value is -1.25. The minimum absolute atomic E-state index is 0.0880. The topological polar surface area (TPSA) is 56.6 Å². The molecule has 3 heterocycles. The van der Waals surface area contributed by atoms with Gasteiger partial charge in [0.25, 0.3) is 6.43 Å². The molecule has 0 saturated carbocycles. The molecular weight excluding hydrogens is 344 g/mol. The zero-order valence-corrected chi connectivity index (χ0v) is 14.4. The van der Waals surface area contributed by atoms with Crippen molar-refractivity contribution in [1.82, 2.24) is 14.7 Å². The molecule has 1 aromatic rings. The Balaban J connectivity index is 1.70. The molecule has 2 saturated heterocycles. The number of hydrogen-bond donors (Lipinski definition) is 0. The van der Waals surface area contributed by atoms with Crippen molar-refractivity contribution in [2.75, 3.05) is 26.3 Å². The lowest BCUT2D eigenvalue weighted by molar-refractivity contribution is -0.188. The molecule has 134 valence electrons. The van der Waals surface area contributed by atoms with Gasteiger partial charge in [0.2, 0.25) is 5.91 Å². The van der Waals surface area contributed by atoms with Crippen LogP contribution in [0.4, 0.5) is 8.78 Å². The highest BCUT2D eigenvalue weighted by molar-refractivity contribution is 6.31. The highest BCUT2D eigenvalue weighted by Gasteiger charge is 2.41. The Bertz CT molecular complexity index is 622. The van der Waals surface area contributed by atoms with Gasteiger partial charge in [-0.25, -0.2) is 8.78 Å². The summed E-state index contributed by atoms with van der Waals surface area (Å²) in [5.41, 5.74) is -0.122. The van der Waals surface area contributed by atoms with Crippen molar-refractivity contribution in [3.63, 3.8) is 0 Å². The number of piperidine rings is 1. The zero-order valence-electron chi connectivity index (χ0n) is 13.6. The van der Waals surface area contributed by atoms with Crippen LogP contribution in [0.2, 0.25) is 5.02 Å². The monoisotopic (exact) mass is 363 g/mol. The lowest BCUT2D eigenvalue weighted by Gasteiger charge is -2.38. The molecule has 24 heavy (non-hydrogen) atoms. The first kappa shape index (κ1) is 17.6. The predicted molar refractivity (Wildman–Crippen MR) is 82.1 cm³/mol. The quantitative estimate of drug-likeness (QED) is 0.828. The van der Waals surface area contributed by atoms with Gasteiger partial charge in [0, 0.05) is 25.9 Å². The smallest absolute Gasteiger partial charge is 0.283 e. The van der Waals surface area contributed by atoms with Gasteiger partial charge in [0.05, 0.1) is 23.9 Å². The number of hydrogen-bond acceptors (Lipinski definition) is 4. The highest BCUT2D eigenvalue weighted by atomic mass is 35.5. The first-order valence-electron chi connectivity index (χ1n) is 7.94. The molecular formula is C15H20ClF2N3O3. The number of likely N-dealkylation sites (tertiary alicyclic amines) is 1. The Morgan fingerprint density at radius 2 is 1.88 bits per heavy atom. The van der Waals surface area contributed by atoms with Crippen LogP contribution in [0.5, 0.6) is 0 Å². The van der Waals surface area contributed by atoms with Gasteiger partial charge < -0.3 is 14.4 Å². The largest absolute Gasteiger partial charge is 0.347 e. The van der Waals surface area contributed by atoms with E-state index in [4.69, 9.17) is 21.1 Å². The van der Waals surface area contributed by atoms with Crippen LogP contribution in [-0.2, 0) is 14.3 Å². The Kier molecular flexibility index (Phi) is 4.81. The molecule has 1 amide bonds. The van der Waals surface area contributed by atoms with Crippen molar-refractivity contribution in [1.29, 1.82) is 0 Å². The van der Waals surface area contributed by atoms with Crippen LogP contribution in [0.15, 0.2) is 0 Å². The van der Waals surface area contributed by atoms with Crippen molar-refractivity contribution < 1.29 is 23.0 Å². The molecule has 6 nitrogen and oxygen atoms in total. The molecule has 0 aromatic carbocycles. The van der Waals surface area contributed by atoms with Crippen LogP contribution >= 0.6 is 11.6 Å². The van der Waals surface area contributed by atoms with E-state index in [2.05, 4.69) is 5.10 Å². The van der Waals surface area contributed by atoms with Crippen LogP contribution in [0.1, 0.15) is 43.6 Å². The van der Waals surface area contributed by atoms with Crippen molar-refractivity contribution in [3.05, 3.63) is 16.4 Å². The summed E-state index contributed by atoms with van der Waals surface area (Å²) in [6.07, 6.45) is -1.56. The van der Waals surface area contributed by atoms with Gasteiger partial charge in [-0.1, -0.05) is 11.6 Å². The van der Waals surface area contributed by atoms with Crippen molar-refractivity contribution in [3.8, 4) is 0 Å². The van der Waals surface area contributed by atoms with E-state index in [0.29, 0.717) is 44.8 Å². The van der Waals surface area contributed by atoms with Gasteiger partial charge >= 0.3 is 0 Å². The number of carbonyl (C=O) groups excluding carboxylic acids is 1. The van der Waals surface area contributed by atoms with E-state index in [1.54, 1.807) is 18.7 Å². The van der Waals surface area contributed by atoms with Crippen LogP contribution in [-0.4, -0.2) is 52.7 Å². The maximum Gasteiger partial charge on any atom is 0.283 e. The normalized spacial score (nSPS) is 21.7. The first-order valence-corrected chi connectivity index (χ1v) is 8.32. The molecule has 2 fully saturated rings. The number of halogens is 3. The fraction of sp³-hybridized carbons (Fsp3) is 0.733. The molecule has 0 N–H and O–H groups in total. The zero-order chi connectivity index (χ0) is 17.5. The molecule has 0 aliphatic carbocycles. The molecule has 3 rings (SSSR count). The first-order chi connectivity index (χ1) is 11.3. The van der Waals surface area contributed by atoms with E-state index in [1.165, 1.54) is 4.68 Å². The van der Waals surface area contributed by atoms with Gasteiger partial charge in [-0.05, 0) is 13.8 Å². The molecule has 2 aliphatic rings. The summed E-state index contributed by atoms with van der Waals surface area (Å²) >= 11 is 5.90. The summed E-state index contributed by atoms with van der Waals surface area (Å²) < 4.78 is 38.4. The van der Waals surface area contributed by atoms with Crippen molar-refractivity contribution in [2.24, 2.45) is 0 Å². The summed E-state index contributed by atoms with van der Waals surface area (Å²) in [5, 5.41) is 3.75. The molecule has 1 spiro atoms. The summed E-state index contributed by atoms with van der Waals surface area (Å²) in [4.78, 5) is 14.4. The standard InChI is InChI=1S/C15H20ClF2N3O3/c1-9-11(16)12(13(17)18)19-21(9)10(2)14(22)20-5-3-15(4-6-20)23-7-8-24-15/h10,13H,3-8H2,1-2H3. The molecule has 1 atom stereocenters. The van der Waals surface area contributed by atoms with Crippen LogP contribution < -0.4 is 0 Å². The van der Waals surface area contributed by atoms with Gasteiger partial charge in [0.15, 0.2) is 5.79 Å². The van der Waals surface area contributed by atoms with Crippen LogP contribution in [0.3, 0.4) is 0 Å². The number of aromatic nitrogens is 2. The number of amides is 1. The van der Waals surface area contributed by atoms with Crippen molar-refractivity contribution >= 4 is 17.5 Å². The van der Waals surface area contributed by atoms with Crippen molar-refractivity contribution in [2.45, 2.75) is 44.9 Å². The summed E-state index contributed by atoms with van der Waals surface area (Å²) in [6, 6.07) is -0.700. The van der Waals surface area contributed by atoms with E-state index in [-0.39, 0.29) is 10.9 Å². The Labute approximate surface area is 143 Å². The number of rotatable bonds is 3. The van der Waals surface area contributed by atoms with Gasteiger partial charge in [0.1, 0.15) is 11.7 Å². The average Bonchev–Trinajstić information content (AvgIpc) is 3.13. The van der Waals surface area contributed by atoms with E-state index in [9.17, 15) is 13.6 Å². The Morgan fingerprint density at radius 3 is 2.38 bits per heavy atom. The van der Waals surface area contributed by atoms with Gasteiger partial charge in [-0.2, -0.15) is 5.10 Å². The molecule has 1 unspecified atom stereocenters. The second kappa shape index (κ2) is 6.57. The maximum atomic E-state index is 12.9. The second-order valence-corrected chi connectivity index (χ2v) is 6.52. The van der Waals surface area contributed by atoms with Crippen LogP contribution in [0, 0.1) is 6.92 Å². The minimum atomic E-state index is -2.77. The molecule has 9 heteroatoms. The summed E-state index contributed by atoms with van der Waals surface area (Å²) in [6.45, 7) is 5.37. The van der Waals surface area contributed by atoms with E-state index in [0.717, 1.165) is 0 Å². The molecule has 2 aliphatic heterocycles. The van der Waals surface area contributed by atoms with Gasteiger partial charge in [-0.3, -0.25) is 9.48 Å². The van der Waals surface area contributed by atoms with Gasteiger partial charge in [-0.15, -0.1) is 0 Å². The fourth-order valence-electron chi connectivity index (χ4n) is 3.26. The average molecular weight is 364 g/mol. The third-order valence-corrected chi connectivity index (χ3v) is 5.15.